The van der Waals surface area contributed by atoms with Gasteiger partial charge in [-0.05, 0) is 143 Å². The van der Waals surface area contributed by atoms with Gasteiger partial charge in [-0.1, -0.05) is 29.3 Å². The molecule has 0 spiro atoms. The molecule has 9 nitrogen and oxygen atoms in total. The van der Waals surface area contributed by atoms with Gasteiger partial charge in [-0.15, -0.1) is 0 Å². The number of carbonyl (C=O) groups is 2. The van der Waals surface area contributed by atoms with Crippen LogP contribution in [0.2, 0.25) is 10.0 Å². The summed E-state index contributed by atoms with van der Waals surface area (Å²) in [5.74, 6) is 0.400. The number of fused-ring (bicyclic) bond motifs is 4. The van der Waals surface area contributed by atoms with Gasteiger partial charge in [0.1, 0.15) is 23.8 Å². The van der Waals surface area contributed by atoms with Gasteiger partial charge in [0.05, 0.1) is 28.4 Å². The lowest BCUT2D eigenvalue weighted by molar-refractivity contribution is 0.0696. The number of ether oxygens (including phenoxy) is 2. The summed E-state index contributed by atoms with van der Waals surface area (Å²) in [5, 5.41) is 12.9. The van der Waals surface area contributed by atoms with E-state index in [4.69, 9.17) is 32.7 Å². The van der Waals surface area contributed by atoms with Crippen LogP contribution in [0, 0.1) is 27.7 Å². The van der Waals surface area contributed by atoms with Crippen molar-refractivity contribution in [1.82, 2.24) is 14.0 Å². The van der Waals surface area contributed by atoms with E-state index in [1.54, 1.807) is 18.2 Å². The molecule has 0 radical (unpaired) electrons. The average molecular weight is 796 g/mol. The highest BCUT2D eigenvalue weighted by atomic mass is 35.5. The van der Waals surface area contributed by atoms with Gasteiger partial charge >= 0.3 is 5.97 Å². The molecule has 0 saturated carbocycles. The van der Waals surface area contributed by atoms with Crippen molar-refractivity contribution >= 4 is 62.6 Å². The fourth-order valence-electron chi connectivity index (χ4n) is 8.27. The van der Waals surface area contributed by atoms with E-state index in [0.29, 0.717) is 54.4 Å². The molecular weight excluding hydrogens is 747 g/mol. The van der Waals surface area contributed by atoms with Crippen molar-refractivity contribution in [2.75, 3.05) is 45.3 Å². The number of anilines is 1. The van der Waals surface area contributed by atoms with Crippen molar-refractivity contribution in [2.45, 2.75) is 53.5 Å². The Bertz CT molecular complexity index is 2490. The monoisotopic (exact) mass is 794 g/mol. The van der Waals surface area contributed by atoms with Gasteiger partial charge in [-0.2, -0.15) is 0 Å². The number of aromatic carboxylic acids is 1. The molecule has 1 unspecified atom stereocenters. The third kappa shape index (κ3) is 7.12. The zero-order valence-electron chi connectivity index (χ0n) is 33.2. The largest absolute Gasteiger partial charge is 0.494 e. The lowest BCUT2D eigenvalue weighted by atomic mass is 9.93. The van der Waals surface area contributed by atoms with E-state index in [1.807, 2.05) is 74.9 Å². The van der Waals surface area contributed by atoms with Crippen molar-refractivity contribution in [2.24, 2.45) is 7.05 Å². The van der Waals surface area contributed by atoms with E-state index in [9.17, 15) is 9.90 Å². The van der Waals surface area contributed by atoms with E-state index >= 15 is 4.79 Å². The van der Waals surface area contributed by atoms with Crippen molar-refractivity contribution in [1.29, 1.82) is 0 Å². The molecule has 7 rings (SSSR count). The van der Waals surface area contributed by atoms with Crippen LogP contribution in [-0.2, 0) is 13.5 Å². The standard InChI is InChI=1S/C45H48Cl2N4O5/c1-25-18-31(56-17-15-48(6)7)19-26(2)39(25)40-36(46)13-12-34-33(10-9-16-55-32-20-27(3)41(47)28(4)21-32)43-44(52)50(23-29(5)51(43)42(34)40)38-24-49(8)37-14-11-30(45(53)54)22-35(37)38/h11-14,18-22,24,29H,9-10,15-17,23H2,1-8H3,(H,53,54). The number of aromatic nitrogens is 2. The first-order valence-electron chi connectivity index (χ1n) is 18.9. The number of halogens is 2. The molecule has 292 valence electrons. The van der Waals surface area contributed by atoms with Crippen LogP contribution < -0.4 is 14.4 Å². The Kier molecular flexibility index (Phi) is 10.9. The fraction of sp³-hybridized carbons (Fsp3) is 0.333. The van der Waals surface area contributed by atoms with Crippen LogP contribution in [0.4, 0.5) is 5.69 Å². The van der Waals surface area contributed by atoms with Gasteiger partial charge in [0, 0.05) is 59.3 Å². The third-order valence-electron chi connectivity index (χ3n) is 10.9. The number of nitrogens with zero attached hydrogens (tertiary/aromatic N) is 4. The van der Waals surface area contributed by atoms with Crippen LogP contribution in [0.15, 0.2) is 60.8 Å². The van der Waals surface area contributed by atoms with E-state index < -0.39 is 5.97 Å². The molecule has 0 saturated heterocycles. The second-order valence-electron chi connectivity index (χ2n) is 15.3. The molecule has 3 heterocycles. The van der Waals surface area contributed by atoms with Crippen molar-refractivity contribution < 1.29 is 24.2 Å². The van der Waals surface area contributed by atoms with Gasteiger partial charge in [0.15, 0.2) is 0 Å². The Balaban J connectivity index is 1.36. The number of rotatable bonds is 12. The molecule has 2 aromatic heterocycles. The number of likely N-dealkylation sites (N-methyl/N-ethyl adjacent to an activating group) is 1. The third-order valence-corrected chi connectivity index (χ3v) is 11.8. The van der Waals surface area contributed by atoms with Crippen LogP contribution in [0.1, 0.15) is 68.1 Å². The summed E-state index contributed by atoms with van der Waals surface area (Å²) in [7, 11) is 5.96. The highest BCUT2D eigenvalue weighted by molar-refractivity contribution is 6.35. The molecule has 1 amide bonds. The zero-order valence-corrected chi connectivity index (χ0v) is 34.7. The highest BCUT2D eigenvalue weighted by Gasteiger charge is 2.37. The lowest BCUT2D eigenvalue weighted by Crippen LogP contribution is -2.42. The first-order valence-corrected chi connectivity index (χ1v) is 19.7. The highest BCUT2D eigenvalue weighted by Crippen LogP contribution is 2.46. The normalized spacial score (nSPS) is 14.3. The molecule has 56 heavy (non-hydrogen) atoms. The molecular formula is C45H48Cl2N4O5. The van der Waals surface area contributed by atoms with Crippen molar-refractivity contribution in [3.63, 3.8) is 0 Å². The molecule has 1 aliphatic heterocycles. The predicted molar refractivity (Wildman–Crippen MR) is 227 cm³/mol. The minimum atomic E-state index is -1.02. The fourth-order valence-corrected chi connectivity index (χ4v) is 8.62. The molecule has 0 bridgehead atoms. The maximum Gasteiger partial charge on any atom is 0.335 e. The van der Waals surface area contributed by atoms with Gasteiger partial charge in [0.2, 0.25) is 0 Å². The molecule has 1 atom stereocenters. The van der Waals surface area contributed by atoms with Crippen LogP contribution in [0.25, 0.3) is 32.9 Å². The summed E-state index contributed by atoms with van der Waals surface area (Å²) in [4.78, 5) is 31.0. The minimum absolute atomic E-state index is 0.146. The summed E-state index contributed by atoms with van der Waals surface area (Å²) in [6.07, 6.45) is 3.15. The summed E-state index contributed by atoms with van der Waals surface area (Å²) >= 11 is 13.6. The number of hydrogen-bond acceptors (Lipinski definition) is 5. The minimum Gasteiger partial charge on any atom is -0.494 e. The van der Waals surface area contributed by atoms with Gasteiger partial charge in [-0.25, -0.2) is 4.79 Å². The maximum atomic E-state index is 15.1. The van der Waals surface area contributed by atoms with E-state index in [2.05, 4.69) is 42.4 Å². The van der Waals surface area contributed by atoms with Crippen molar-refractivity contribution in [3.05, 3.63) is 110 Å². The van der Waals surface area contributed by atoms with E-state index in [0.717, 1.165) is 78.4 Å². The Morgan fingerprint density at radius 3 is 2.16 bits per heavy atom. The SMILES string of the molecule is Cc1cc(OCCCc2c3n(c4c(-c5c(C)cc(OCCN(C)C)cc5C)c(Cl)ccc24)C(C)CN(c2cn(C)c4ccc(C(=O)O)cc24)C3=O)cc(C)c1Cl. The Labute approximate surface area is 337 Å². The molecule has 0 fully saturated rings. The number of aryl methyl sites for hydroxylation is 6. The molecule has 1 N–H and O–H groups in total. The van der Waals surface area contributed by atoms with Crippen LogP contribution in [0.5, 0.6) is 11.5 Å². The van der Waals surface area contributed by atoms with Crippen molar-refractivity contribution in [3.8, 4) is 22.6 Å². The molecule has 4 aromatic carbocycles. The number of benzene rings is 4. The topological polar surface area (TPSA) is 89.2 Å². The Morgan fingerprint density at radius 2 is 1.52 bits per heavy atom. The Morgan fingerprint density at radius 1 is 0.875 bits per heavy atom. The van der Waals surface area contributed by atoms with Crippen LogP contribution >= 0.6 is 23.2 Å². The number of carbonyl (C=O) groups excluding carboxylic acids is 1. The van der Waals surface area contributed by atoms with Crippen LogP contribution in [-0.4, -0.2) is 71.4 Å². The summed E-state index contributed by atoms with van der Waals surface area (Å²) in [6, 6.07) is 16.9. The van der Waals surface area contributed by atoms with E-state index in [1.165, 1.54) is 0 Å². The first kappa shape index (κ1) is 39.3. The van der Waals surface area contributed by atoms with Crippen LogP contribution in [0.3, 0.4) is 0 Å². The van der Waals surface area contributed by atoms with Gasteiger partial charge < -0.3 is 33.5 Å². The number of amides is 1. The summed E-state index contributed by atoms with van der Waals surface area (Å²) in [6.45, 7) is 12.4. The average Bonchev–Trinajstić information content (AvgIpc) is 3.65. The predicted octanol–water partition coefficient (Wildman–Crippen LogP) is 10.2. The smallest absolute Gasteiger partial charge is 0.335 e. The zero-order chi connectivity index (χ0) is 40.2. The molecule has 1 aliphatic rings. The number of hydrogen-bond donors (Lipinski definition) is 1. The quantitative estimate of drug-likeness (QED) is 0.124. The summed E-state index contributed by atoms with van der Waals surface area (Å²) < 4.78 is 16.5. The van der Waals surface area contributed by atoms with Gasteiger partial charge in [0.25, 0.3) is 5.91 Å². The number of carboxylic acid groups (broad SMARTS) is 1. The molecule has 11 heteroatoms. The second kappa shape index (κ2) is 15.5. The van der Waals surface area contributed by atoms with Gasteiger partial charge in [-0.3, -0.25) is 4.79 Å². The number of carboxylic acids is 1. The Hall–Kier alpha value is -4.96. The molecule has 6 aromatic rings. The summed E-state index contributed by atoms with van der Waals surface area (Å²) in [5.41, 5.74) is 10.0. The lowest BCUT2D eigenvalue weighted by Gasteiger charge is -2.34. The molecule has 0 aliphatic carbocycles. The second-order valence-corrected chi connectivity index (χ2v) is 16.1. The first-order chi connectivity index (χ1) is 26.7. The van der Waals surface area contributed by atoms with E-state index in [-0.39, 0.29) is 17.5 Å². The maximum absolute atomic E-state index is 15.1.